The maximum absolute atomic E-state index is 9.36. The maximum atomic E-state index is 9.36. The number of β-amino-alcohol motifs (C(OH)–C–C–N with tert-alkyl or cyclic N) is 2. The van der Waals surface area contributed by atoms with E-state index in [4.69, 9.17) is 9.94 Å². The fourth-order valence-electron chi connectivity index (χ4n) is 1.07. The number of hydrogen-bond acceptors (Lipinski definition) is 4. The van der Waals surface area contributed by atoms with E-state index in [2.05, 4.69) is 0 Å². The second kappa shape index (κ2) is 3.06. The van der Waals surface area contributed by atoms with Crippen molar-refractivity contribution in [2.45, 2.75) is 25.6 Å². The number of hydroxylamine groups is 2. The first-order valence-corrected chi connectivity index (χ1v) is 3.76. The van der Waals surface area contributed by atoms with E-state index in [9.17, 15) is 5.11 Å². The van der Waals surface area contributed by atoms with Gasteiger partial charge in [-0.1, -0.05) is 0 Å². The van der Waals surface area contributed by atoms with E-state index in [-0.39, 0.29) is 0 Å². The summed E-state index contributed by atoms with van der Waals surface area (Å²) in [6.45, 7) is 4.69. The van der Waals surface area contributed by atoms with Crippen molar-refractivity contribution < 1.29 is 15.1 Å². The molecule has 0 radical (unpaired) electrons. The molecule has 0 amide bonds. The Morgan fingerprint density at radius 3 is 2.64 bits per heavy atom. The molecule has 1 fully saturated rings. The number of aliphatic hydroxyl groups is 2. The summed E-state index contributed by atoms with van der Waals surface area (Å²) in [6.07, 6.45) is -0.405. The van der Waals surface area contributed by atoms with Crippen LogP contribution in [0.5, 0.6) is 0 Å². The summed E-state index contributed by atoms with van der Waals surface area (Å²) in [6, 6.07) is 0. The van der Waals surface area contributed by atoms with Crippen molar-refractivity contribution in [1.29, 1.82) is 0 Å². The summed E-state index contributed by atoms with van der Waals surface area (Å²) in [7, 11) is 0. The van der Waals surface area contributed by atoms with Crippen LogP contribution in [0.1, 0.15) is 13.8 Å². The molecule has 2 N–H and O–H groups in total. The number of aliphatic hydroxyl groups excluding tert-OH is 1. The number of nitrogens with zero attached hydrogens (tertiary/aromatic N) is 1. The Bertz CT molecular complexity index is 132. The van der Waals surface area contributed by atoms with E-state index < -0.39 is 11.7 Å². The third-order valence-electron chi connectivity index (χ3n) is 1.43. The molecule has 0 unspecified atom stereocenters. The lowest BCUT2D eigenvalue weighted by Crippen LogP contribution is -2.36. The van der Waals surface area contributed by atoms with Crippen LogP contribution in [-0.2, 0) is 4.84 Å². The van der Waals surface area contributed by atoms with Crippen LogP contribution in [0.2, 0.25) is 0 Å². The minimum absolute atomic E-state index is 0.343. The van der Waals surface area contributed by atoms with Gasteiger partial charge in [0.25, 0.3) is 0 Å². The summed E-state index contributed by atoms with van der Waals surface area (Å²) >= 11 is 0. The normalized spacial score (nSPS) is 27.8. The van der Waals surface area contributed by atoms with Gasteiger partial charge in [0, 0.05) is 0 Å². The van der Waals surface area contributed by atoms with Crippen LogP contribution in [0.3, 0.4) is 0 Å². The third kappa shape index (κ3) is 3.16. The molecule has 11 heavy (non-hydrogen) atoms. The second-order valence-corrected chi connectivity index (χ2v) is 3.58. The number of hydrogen-bond donors (Lipinski definition) is 2. The molecule has 1 atom stereocenters. The van der Waals surface area contributed by atoms with E-state index in [1.54, 1.807) is 18.9 Å². The molecule has 1 saturated heterocycles. The van der Waals surface area contributed by atoms with Gasteiger partial charge in [0.1, 0.15) is 0 Å². The van der Waals surface area contributed by atoms with Gasteiger partial charge in [-0.15, -0.1) is 0 Å². The Hall–Kier alpha value is -0.160. The molecule has 0 aromatic carbocycles. The highest BCUT2D eigenvalue weighted by Crippen LogP contribution is 2.10. The molecule has 4 heteroatoms. The van der Waals surface area contributed by atoms with Gasteiger partial charge in [-0.2, -0.15) is 5.06 Å². The topological polar surface area (TPSA) is 52.9 Å². The van der Waals surface area contributed by atoms with Crippen molar-refractivity contribution in [3.63, 3.8) is 0 Å². The molecule has 0 aromatic heterocycles. The fourth-order valence-corrected chi connectivity index (χ4v) is 1.07. The molecule has 4 nitrogen and oxygen atoms in total. The summed E-state index contributed by atoms with van der Waals surface area (Å²) in [5.74, 6) is 0. The van der Waals surface area contributed by atoms with Crippen molar-refractivity contribution in [1.82, 2.24) is 5.06 Å². The molecule has 1 heterocycles. The van der Waals surface area contributed by atoms with E-state index in [0.717, 1.165) is 0 Å². The van der Waals surface area contributed by atoms with Crippen LogP contribution in [0.4, 0.5) is 0 Å². The van der Waals surface area contributed by atoms with E-state index in [1.165, 1.54) is 0 Å². The lowest BCUT2D eigenvalue weighted by Gasteiger charge is -2.23. The second-order valence-electron chi connectivity index (χ2n) is 3.58. The zero-order chi connectivity index (χ0) is 8.48. The first kappa shape index (κ1) is 8.93. The monoisotopic (exact) mass is 161 g/mol. The number of rotatable bonds is 2. The van der Waals surface area contributed by atoms with Gasteiger partial charge >= 0.3 is 0 Å². The van der Waals surface area contributed by atoms with Crippen LogP contribution in [0.15, 0.2) is 0 Å². The van der Waals surface area contributed by atoms with Gasteiger partial charge < -0.3 is 10.2 Å². The van der Waals surface area contributed by atoms with Gasteiger partial charge in [0.05, 0.1) is 31.4 Å². The maximum Gasteiger partial charge on any atom is 0.0958 e. The van der Waals surface area contributed by atoms with Crippen molar-refractivity contribution in [2.24, 2.45) is 0 Å². The van der Waals surface area contributed by atoms with Gasteiger partial charge in [-0.05, 0) is 13.8 Å². The standard InChI is InChI=1S/C7H15NO3/c1-7(2,10)5-8-3-6(9)4-11-8/h6,9-10H,3-5H2,1-2H3/t6-/m1/s1. The van der Waals surface area contributed by atoms with Crippen LogP contribution in [0, 0.1) is 0 Å². The van der Waals surface area contributed by atoms with Crippen molar-refractivity contribution in [3.8, 4) is 0 Å². The highest BCUT2D eigenvalue weighted by Gasteiger charge is 2.26. The zero-order valence-electron chi connectivity index (χ0n) is 6.95. The largest absolute Gasteiger partial charge is 0.389 e. The predicted octanol–water partition coefficient (Wildman–Crippen LogP) is -0.635. The highest BCUT2D eigenvalue weighted by molar-refractivity contribution is 4.72. The summed E-state index contributed by atoms with van der Waals surface area (Å²) < 4.78 is 0. The van der Waals surface area contributed by atoms with Crippen molar-refractivity contribution in [2.75, 3.05) is 19.7 Å². The van der Waals surface area contributed by atoms with E-state index in [0.29, 0.717) is 19.7 Å². The lowest BCUT2D eigenvalue weighted by atomic mass is 10.1. The van der Waals surface area contributed by atoms with Gasteiger partial charge in [0.2, 0.25) is 0 Å². The predicted molar refractivity (Wildman–Crippen MR) is 39.8 cm³/mol. The molecule has 1 aliphatic rings. The Morgan fingerprint density at radius 2 is 2.27 bits per heavy atom. The smallest absolute Gasteiger partial charge is 0.0958 e. The molecule has 0 aliphatic carbocycles. The third-order valence-corrected chi connectivity index (χ3v) is 1.43. The zero-order valence-corrected chi connectivity index (χ0v) is 6.95. The molecule has 0 aromatic rings. The first-order chi connectivity index (χ1) is 4.97. The minimum atomic E-state index is -0.760. The van der Waals surface area contributed by atoms with Crippen molar-refractivity contribution >= 4 is 0 Å². The Morgan fingerprint density at radius 1 is 1.64 bits per heavy atom. The molecule has 1 aliphatic heterocycles. The van der Waals surface area contributed by atoms with Gasteiger partial charge in [-0.3, -0.25) is 4.84 Å². The summed E-state index contributed by atoms with van der Waals surface area (Å²) in [5.41, 5.74) is -0.760. The van der Waals surface area contributed by atoms with Crippen LogP contribution < -0.4 is 0 Å². The molecule has 0 saturated carbocycles. The van der Waals surface area contributed by atoms with E-state index in [1.807, 2.05) is 0 Å². The minimum Gasteiger partial charge on any atom is -0.389 e. The molecular formula is C7H15NO3. The average Bonchev–Trinajstić information content (AvgIpc) is 2.10. The Kier molecular flexibility index (Phi) is 2.49. The molecular weight excluding hydrogens is 146 g/mol. The first-order valence-electron chi connectivity index (χ1n) is 3.76. The summed E-state index contributed by atoms with van der Waals surface area (Å²) in [5, 5.41) is 20.0. The lowest BCUT2D eigenvalue weighted by molar-refractivity contribution is -0.143. The van der Waals surface area contributed by atoms with Crippen LogP contribution >= 0.6 is 0 Å². The van der Waals surface area contributed by atoms with Crippen LogP contribution in [0.25, 0.3) is 0 Å². The average molecular weight is 161 g/mol. The van der Waals surface area contributed by atoms with Gasteiger partial charge in [0.15, 0.2) is 0 Å². The Labute approximate surface area is 66.3 Å². The molecule has 0 spiro atoms. The quantitative estimate of drug-likeness (QED) is 0.566. The summed E-state index contributed by atoms with van der Waals surface area (Å²) in [4.78, 5) is 5.06. The molecule has 0 bridgehead atoms. The SMILES string of the molecule is CC(C)(O)CN1C[C@@H](O)CO1. The Balaban J connectivity index is 2.29. The van der Waals surface area contributed by atoms with Crippen LogP contribution in [-0.4, -0.2) is 46.7 Å². The fraction of sp³-hybridized carbons (Fsp3) is 1.00. The van der Waals surface area contributed by atoms with E-state index >= 15 is 0 Å². The molecule has 66 valence electrons. The van der Waals surface area contributed by atoms with Crippen molar-refractivity contribution in [3.05, 3.63) is 0 Å². The molecule has 1 rings (SSSR count). The highest BCUT2D eigenvalue weighted by atomic mass is 16.7. The van der Waals surface area contributed by atoms with Gasteiger partial charge in [-0.25, -0.2) is 0 Å².